The molecule has 8 heteroatoms. The van der Waals surface area contributed by atoms with Crippen molar-refractivity contribution in [3.8, 4) is 17.2 Å². The number of ether oxygens (including phenoxy) is 4. The molecule has 0 spiro atoms. The van der Waals surface area contributed by atoms with Crippen LogP contribution in [0.5, 0.6) is 17.2 Å². The van der Waals surface area contributed by atoms with Crippen molar-refractivity contribution in [1.82, 2.24) is 4.57 Å². The van der Waals surface area contributed by atoms with E-state index >= 15 is 0 Å². The molecule has 0 atom stereocenters. The highest BCUT2D eigenvalue weighted by molar-refractivity contribution is 7.16. The van der Waals surface area contributed by atoms with Gasteiger partial charge in [0.15, 0.2) is 16.3 Å². The van der Waals surface area contributed by atoms with Gasteiger partial charge in [0.25, 0.3) is 5.91 Å². The van der Waals surface area contributed by atoms with Gasteiger partial charge in [-0.15, -0.1) is 0 Å². The second-order valence-corrected chi connectivity index (χ2v) is 7.70. The van der Waals surface area contributed by atoms with Gasteiger partial charge in [-0.05, 0) is 55.8 Å². The molecule has 0 fully saturated rings. The minimum absolute atomic E-state index is 0.346. The summed E-state index contributed by atoms with van der Waals surface area (Å²) in [6.45, 7) is 6.28. The molecule has 0 aliphatic heterocycles. The zero-order chi connectivity index (χ0) is 22.9. The third-order valence-electron chi connectivity index (χ3n) is 4.66. The number of hydrogen-bond acceptors (Lipinski definition) is 6. The lowest BCUT2D eigenvalue weighted by Gasteiger charge is -2.07. The van der Waals surface area contributed by atoms with Crippen LogP contribution in [0.2, 0.25) is 0 Å². The summed E-state index contributed by atoms with van der Waals surface area (Å²) in [6.07, 6.45) is 3.16. The SMILES string of the molecule is CCOCCn1c(=NC(=O)C=Cc2ccc(OC)c(OC)c2)sc2cc(OCC)ccc21. The monoisotopic (exact) mass is 456 g/mol. The van der Waals surface area contributed by atoms with Gasteiger partial charge in [0.05, 0.1) is 37.6 Å². The molecule has 1 heterocycles. The van der Waals surface area contributed by atoms with E-state index in [1.54, 1.807) is 32.4 Å². The second-order valence-electron chi connectivity index (χ2n) is 6.69. The molecule has 3 aromatic rings. The fourth-order valence-corrected chi connectivity index (χ4v) is 4.26. The number of carbonyl (C=O) groups is 1. The van der Waals surface area contributed by atoms with Gasteiger partial charge in [-0.3, -0.25) is 4.79 Å². The summed E-state index contributed by atoms with van der Waals surface area (Å²) >= 11 is 1.45. The lowest BCUT2D eigenvalue weighted by atomic mass is 10.2. The molecule has 32 heavy (non-hydrogen) atoms. The summed E-state index contributed by atoms with van der Waals surface area (Å²) in [5.41, 5.74) is 1.81. The predicted molar refractivity (Wildman–Crippen MR) is 127 cm³/mol. The molecule has 0 bridgehead atoms. The van der Waals surface area contributed by atoms with Gasteiger partial charge in [-0.2, -0.15) is 4.99 Å². The van der Waals surface area contributed by atoms with E-state index in [0.717, 1.165) is 21.5 Å². The van der Waals surface area contributed by atoms with E-state index in [4.69, 9.17) is 18.9 Å². The number of rotatable bonds is 10. The molecule has 0 unspecified atom stereocenters. The van der Waals surface area contributed by atoms with Crippen LogP contribution in [0.3, 0.4) is 0 Å². The molecule has 170 valence electrons. The normalized spacial score (nSPS) is 11.9. The first-order valence-corrected chi connectivity index (χ1v) is 11.2. The van der Waals surface area contributed by atoms with E-state index in [1.165, 1.54) is 17.4 Å². The number of benzene rings is 2. The smallest absolute Gasteiger partial charge is 0.272 e. The highest BCUT2D eigenvalue weighted by Crippen LogP contribution is 2.28. The molecule has 7 nitrogen and oxygen atoms in total. The van der Waals surface area contributed by atoms with Crippen LogP contribution >= 0.6 is 11.3 Å². The van der Waals surface area contributed by atoms with E-state index in [0.29, 0.717) is 42.7 Å². The van der Waals surface area contributed by atoms with Gasteiger partial charge >= 0.3 is 0 Å². The zero-order valence-electron chi connectivity index (χ0n) is 18.8. The minimum Gasteiger partial charge on any atom is -0.494 e. The van der Waals surface area contributed by atoms with Crippen LogP contribution in [0.4, 0.5) is 0 Å². The van der Waals surface area contributed by atoms with Crippen molar-refractivity contribution in [2.24, 2.45) is 4.99 Å². The number of nitrogens with zero attached hydrogens (tertiary/aromatic N) is 2. The van der Waals surface area contributed by atoms with E-state index in [2.05, 4.69) is 4.99 Å². The number of amides is 1. The van der Waals surface area contributed by atoms with Gasteiger partial charge < -0.3 is 23.5 Å². The first-order chi connectivity index (χ1) is 15.6. The Morgan fingerprint density at radius 1 is 1.06 bits per heavy atom. The maximum absolute atomic E-state index is 12.6. The zero-order valence-corrected chi connectivity index (χ0v) is 19.6. The highest BCUT2D eigenvalue weighted by Gasteiger charge is 2.09. The standard InChI is InChI=1S/C24H28N2O5S/c1-5-30-14-13-26-19-10-9-18(31-6-2)16-22(19)32-24(26)25-23(27)12-8-17-7-11-20(28-3)21(15-17)29-4/h7-12,15-16H,5-6,13-14H2,1-4H3. The van der Waals surface area contributed by atoms with Gasteiger partial charge in [0.2, 0.25) is 0 Å². The third-order valence-corrected chi connectivity index (χ3v) is 5.70. The van der Waals surface area contributed by atoms with E-state index < -0.39 is 0 Å². The van der Waals surface area contributed by atoms with E-state index in [-0.39, 0.29) is 5.91 Å². The number of methoxy groups -OCH3 is 2. The summed E-state index contributed by atoms with van der Waals surface area (Å²) < 4.78 is 24.7. The summed E-state index contributed by atoms with van der Waals surface area (Å²) in [5.74, 6) is 1.68. The van der Waals surface area contributed by atoms with Crippen molar-refractivity contribution in [1.29, 1.82) is 0 Å². The fraction of sp³-hybridized carbons (Fsp3) is 0.333. The third kappa shape index (κ3) is 5.77. The Bertz CT molecular complexity index is 1160. The largest absolute Gasteiger partial charge is 0.494 e. The molecule has 1 amide bonds. The van der Waals surface area contributed by atoms with Crippen LogP contribution < -0.4 is 19.0 Å². The molecule has 0 saturated heterocycles. The average molecular weight is 457 g/mol. The van der Waals surface area contributed by atoms with Crippen LogP contribution in [0.25, 0.3) is 16.3 Å². The minimum atomic E-state index is -0.346. The van der Waals surface area contributed by atoms with E-state index in [9.17, 15) is 4.79 Å². The molecule has 3 rings (SSSR count). The van der Waals surface area contributed by atoms with Crippen molar-refractivity contribution < 1.29 is 23.7 Å². The lowest BCUT2D eigenvalue weighted by molar-refractivity contribution is -0.113. The van der Waals surface area contributed by atoms with Crippen molar-refractivity contribution in [3.63, 3.8) is 0 Å². The molecule has 0 N–H and O–H groups in total. The fourth-order valence-electron chi connectivity index (χ4n) is 3.17. The molecular formula is C24H28N2O5S. The number of thiazole rings is 1. The van der Waals surface area contributed by atoms with Gasteiger partial charge in [-0.25, -0.2) is 0 Å². The van der Waals surface area contributed by atoms with E-state index in [1.807, 2.05) is 42.7 Å². The summed E-state index contributed by atoms with van der Waals surface area (Å²) in [4.78, 5) is 17.6. The number of carbonyl (C=O) groups excluding carboxylic acids is 1. The van der Waals surface area contributed by atoms with Crippen LogP contribution in [0.1, 0.15) is 19.4 Å². The number of aromatic nitrogens is 1. The van der Waals surface area contributed by atoms with Gasteiger partial charge in [-0.1, -0.05) is 17.4 Å². The van der Waals surface area contributed by atoms with Crippen LogP contribution in [0.15, 0.2) is 47.5 Å². The Balaban J connectivity index is 1.91. The highest BCUT2D eigenvalue weighted by atomic mass is 32.1. The van der Waals surface area contributed by atoms with Crippen molar-refractivity contribution in [3.05, 3.63) is 52.8 Å². The first-order valence-electron chi connectivity index (χ1n) is 10.4. The summed E-state index contributed by atoms with van der Waals surface area (Å²) in [7, 11) is 3.16. The van der Waals surface area contributed by atoms with Crippen molar-refractivity contribution in [2.75, 3.05) is 34.0 Å². The summed E-state index contributed by atoms with van der Waals surface area (Å²) in [5, 5.41) is 0. The average Bonchev–Trinajstić information content (AvgIpc) is 3.14. The molecule has 0 aliphatic carbocycles. The molecule has 2 aromatic carbocycles. The van der Waals surface area contributed by atoms with Crippen LogP contribution in [0, 0.1) is 0 Å². The second kappa shape index (κ2) is 11.5. The Morgan fingerprint density at radius 3 is 2.59 bits per heavy atom. The van der Waals surface area contributed by atoms with Gasteiger partial charge in [0, 0.05) is 19.2 Å². The maximum atomic E-state index is 12.6. The topological polar surface area (TPSA) is 71.3 Å². The molecule has 1 aromatic heterocycles. The summed E-state index contributed by atoms with van der Waals surface area (Å²) in [6, 6.07) is 11.3. The number of fused-ring (bicyclic) bond motifs is 1. The molecule has 0 aliphatic rings. The van der Waals surface area contributed by atoms with Crippen molar-refractivity contribution in [2.45, 2.75) is 20.4 Å². The predicted octanol–water partition coefficient (Wildman–Crippen LogP) is 4.30. The molecular weight excluding hydrogens is 428 g/mol. The van der Waals surface area contributed by atoms with Crippen LogP contribution in [-0.4, -0.2) is 44.5 Å². The Kier molecular flexibility index (Phi) is 8.47. The maximum Gasteiger partial charge on any atom is 0.272 e. The Labute approximate surface area is 191 Å². The van der Waals surface area contributed by atoms with Crippen LogP contribution in [-0.2, 0) is 16.1 Å². The quantitative estimate of drug-likeness (QED) is 0.336. The van der Waals surface area contributed by atoms with Gasteiger partial charge in [0.1, 0.15) is 5.75 Å². The first kappa shape index (κ1) is 23.6. The number of hydrogen-bond donors (Lipinski definition) is 0. The Hall–Kier alpha value is -3.10. The Morgan fingerprint density at radius 2 is 1.88 bits per heavy atom. The lowest BCUT2D eigenvalue weighted by Crippen LogP contribution is -2.19. The molecule has 0 radical (unpaired) electrons. The molecule has 0 saturated carbocycles. The van der Waals surface area contributed by atoms with Crippen molar-refractivity contribution >= 4 is 33.5 Å².